The molecule has 1 fully saturated rings. The number of amides is 2. The summed E-state index contributed by atoms with van der Waals surface area (Å²) in [4.78, 5) is 29.1. The number of methoxy groups -OCH3 is 2. The van der Waals surface area contributed by atoms with E-state index in [0.717, 1.165) is 11.1 Å². The van der Waals surface area contributed by atoms with Gasteiger partial charge in [0.05, 0.1) is 26.7 Å². The van der Waals surface area contributed by atoms with Crippen molar-refractivity contribution < 1.29 is 19.1 Å². The lowest BCUT2D eigenvalue weighted by Gasteiger charge is -2.35. The molecule has 1 unspecified atom stereocenters. The van der Waals surface area contributed by atoms with Crippen LogP contribution < -0.4 is 14.8 Å². The SMILES string of the molecule is C=C(C)CN(CC)C(=O)CC1C(=O)NCCN1Cc1cc(OC)cc(OC)c1. The van der Waals surface area contributed by atoms with Gasteiger partial charge in [0.25, 0.3) is 0 Å². The molecular weight excluding hydrogens is 358 g/mol. The molecule has 0 saturated carbocycles. The van der Waals surface area contributed by atoms with Gasteiger partial charge in [0, 0.05) is 38.8 Å². The number of carbonyl (C=O) groups is 2. The highest BCUT2D eigenvalue weighted by Crippen LogP contribution is 2.25. The highest BCUT2D eigenvalue weighted by Gasteiger charge is 2.32. The van der Waals surface area contributed by atoms with Crippen molar-refractivity contribution in [1.82, 2.24) is 15.1 Å². The molecule has 0 spiro atoms. The number of benzene rings is 1. The van der Waals surface area contributed by atoms with Gasteiger partial charge in [0.2, 0.25) is 11.8 Å². The number of piperazine rings is 1. The third-order valence-electron chi connectivity index (χ3n) is 4.80. The van der Waals surface area contributed by atoms with E-state index >= 15 is 0 Å². The van der Waals surface area contributed by atoms with E-state index in [1.807, 2.05) is 36.9 Å². The fourth-order valence-corrected chi connectivity index (χ4v) is 3.36. The summed E-state index contributed by atoms with van der Waals surface area (Å²) in [6.07, 6.45) is 0.147. The van der Waals surface area contributed by atoms with Crippen LogP contribution in [0.1, 0.15) is 25.8 Å². The van der Waals surface area contributed by atoms with Gasteiger partial charge in [-0.15, -0.1) is 0 Å². The van der Waals surface area contributed by atoms with Crippen LogP contribution in [0.5, 0.6) is 11.5 Å². The zero-order chi connectivity index (χ0) is 20.7. The maximum Gasteiger partial charge on any atom is 0.237 e. The van der Waals surface area contributed by atoms with E-state index in [-0.39, 0.29) is 18.2 Å². The van der Waals surface area contributed by atoms with Crippen LogP contribution in [0, 0.1) is 0 Å². The Balaban J connectivity index is 2.17. The molecule has 28 heavy (non-hydrogen) atoms. The van der Waals surface area contributed by atoms with Crippen molar-refractivity contribution in [2.45, 2.75) is 32.9 Å². The van der Waals surface area contributed by atoms with Gasteiger partial charge in [-0.3, -0.25) is 14.5 Å². The Morgan fingerprint density at radius 1 is 1.29 bits per heavy atom. The van der Waals surface area contributed by atoms with Crippen LogP contribution in [0.25, 0.3) is 0 Å². The van der Waals surface area contributed by atoms with Crippen LogP contribution in [0.2, 0.25) is 0 Å². The molecule has 1 heterocycles. The molecule has 7 heteroatoms. The number of nitrogens with one attached hydrogen (secondary N) is 1. The summed E-state index contributed by atoms with van der Waals surface area (Å²) in [6, 6.07) is 5.16. The first kappa shape index (κ1) is 21.8. The second kappa shape index (κ2) is 10.1. The minimum absolute atomic E-state index is 0.0410. The number of hydrogen-bond donors (Lipinski definition) is 1. The Morgan fingerprint density at radius 3 is 2.46 bits per heavy atom. The highest BCUT2D eigenvalue weighted by atomic mass is 16.5. The van der Waals surface area contributed by atoms with E-state index in [4.69, 9.17) is 9.47 Å². The second-order valence-electron chi connectivity index (χ2n) is 7.07. The first-order valence-corrected chi connectivity index (χ1v) is 9.53. The maximum absolute atomic E-state index is 12.8. The van der Waals surface area contributed by atoms with E-state index in [1.54, 1.807) is 19.1 Å². The van der Waals surface area contributed by atoms with Gasteiger partial charge in [-0.1, -0.05) is 12.2 Å². The average Bonchev–Trinajstić information content (AvgIpc) is 2.68. The summed E-state index contributed by atoms with van der Waals surface area (Å²) < 4.78 is 10.7. The Kier molecular flexibility index (Phi) is 7.87. The largest absolute Gasteiger partial charge is 0.497 e. The zero-order valence-electron chi connectivity index (χ0n) is 17.3. The monoisotopic (exact) mass is 389 g/mol. The van der Waals surface area contributed by atoms with Gasteiger partial charge in [-0.25, -0.2) is 0 Å². The van der Waals surface area contributed by atoms with Crippen LogP contribution in [0.3, 0.4) is 0 Å². The van der Waals surface area contributed by atoms with E-state index < -0.39 is 6.04 Å². The lowest BCUT2D eigenvalue weighted by atomic mass is 10.1. The molecule has 1 atom stereocenters. The van der Waals surface area contributed by atoms with Gasteiger partial charge >= 0.3 is 0 Å². The van der Waals surface area contributed by atoms with Gasteiger partial charge in [-0.05, 0) is 31.5 Å². The van der Waals surface area contributed by atoms with E-state index in [0.29, 0.717) is 44.2 Å². The number of nitrogens with zero attached hydrogens (tertiary/aromatic N) is 2. The summed E-state index contributed by atoms with van der Waals surface area (Å²) in [5.74, 6) is 1.24. The predicted molar refractivity (Wildman–Crippen MR) is 108 cm³/mol. The Labute approximate surface area is 167 Å². The fourth-order valence-electron chi connectivity index (χ4n) is 3.36. The summed E-state index contributed by atoms with van der Waals surface area (Å²) in [6.45, 7) is 10.6. The van der Waals surface area contributed by atoms with Crippen LogP contribution in [0.15, 0.2) is 30.4 Å². The fraction of sp³-hybridized carbons (Fsp3) is 0.524. The lowest BCUT2D eigenvalue weighted by molar-refractivity contribution is -0.138. The van der Waals surface area contributed by atoms with Crippen molar-refractivity contribution in [1.29, 1.82) is 0 Å². The van der Waals surface area contributed by atoms with Crippen molar-refractivity contribution in [3.63, 3.8) is 0 Å². The first-order valence-electron chi connectivity index (χ1n) is 9.53. The summed E-state index contributed by atoms with van der Waals surface area (Å²) in [5.41, 5.74) is 1.89. The number of hydrogen-bond acceptors (Lipinski definition) is 5. The maximum atomic E-state index is 12.8. The van der Waals surface area contributed by atoms with Gasteiger partial charge in [-0.2, -0.15) is 0 Å². The lowest BCUT2D eigenvalue weighted by Crippen LogP contribution is -2.56. The molecular formula is C21H31N3O4. The van der Waals surface area contributed by atoms with Crippen molar-refractivity contribution in [3.05, 3.63) is 35.9 Å². The van der Waals surface area contributed by atoms with Crippen molar-refractivity contribution in [2.24, 2.45) is 0 Å². The Bertz CT molecular complexity index is 697. The standard InChI is InChI=1S/C21H31N3O4/c1-6-23(13-15(2)3)20(25)12-19-21(26)22-7-8-24(19)14-16-9-17(27-4)11-18(10-16)28-5/h9-11,19H,2,6-8,12-14H2,1,3-5H3,(H,22,26). The smallest absolute Gasteiger partial charge is 0.237 e. The highest BCUT2D eigenvalue weighted by molar-refractivity contribution is 5.89. The Morgan fingerprint density at radius 2 is 1.93 bits per heavy atom. The average molecular weight is 389 g/mol. The topological polar surface area (TPSA) is 71.1 Å². The molecule has 0 aliphatic carbocycles. The second-order valence-corrected chi connectivity index (χ2v) is 7.07. The molecule has 1 aliphatic rings. The van der Waals surface area contributed by atoms with Gasteiger partial charge in [0.15, 0.2) is 0 Å². The van der Waals surface area contributed by atoms with E-state index in [9.17, 15) is 9.59 Å². The van der Waals surface area contributed by atoms with E-state index in [2.05, 4.69) is 11.9 Å². The summed E-state index contributed by atoms with van der Waals surface area (Å²) in [5, 5.41) is 2.88. The van der Waals surface area contributed by atoms with Gasteiger partial charge < -0.3 is 19.7 Å². The first-order chi connectivity index (χ1) is 13.4. The summed E-state index contributed by atoms with van der Waals surface area (Å²) in [7, 11) is 3.21. The molecule has 1 aliphatic heterocycles. The molecule has 0 radical (unpaired) electrons. The van der Waals surface area contributed by atoms with Crippen molar-refractivity contribution >= 4 is 11.8 Å². The molecule has 1 aromatic rings. The molecule has 2 rings (SSSR count). The molecule has 154 valence electrons. The minimum Gasteiger partial charge on any atom is -0.497 e. The minimum atomic E-state index is -0.502. The normalized spacial score (nSPS) is 17.0. The predicted octanol–water partition coefficient (Wildman–Crippen LogP) is 1.82. The molecule has 0 bridgehead atoms. The van der Waals surface area contributed by atoms with Crippen LogP contribution in [0.4, 0.5) is 0 Å². The van der Waals surface area contributed by atoms with Crippen LogP contribution >= 0.6 is 0 Å². The quantitative estimate of drug-likeness (QED) is 0.653. The Hall–Kier alpha value is -2.54. The van der Waals surface area contributed by atoms with Crippen LogP contribution in [-0.2, 0) is 16.1 Å². The molecule has 7 nitrogen and oxygen atoms in total. The van der Waals surface area contributed by atoms with Crippen LogP contribution in [-0.4, -0.2) is 68.1 Å². The number of ether oxygens (including phenoxy) is 2. The zero-order valence-corrected chi connectivity index (χ0v) is 17.3. The van der Waals surface area contributed by atoms with E-state index in [1.165, 1.54) is 0 Å². The third-order valence-corrected chi connectivity index (χ3v) is 4.80. The van der Waals surface area contributed by atoms with Crippen molar-refractivity contribution in [3.8, 4) is 11.5 Å². The molecule has 2 amide bonds. The molecule has 1 aromatic carbocycles. The van der Waals surface area contributed by atoms with Gasteiger partial charge in [0.1, 0.15) is 11.5 Å². The molecule has 1 N–H and O–H groups in total. The molecule has 1 saturated heterocycles. The number of carbonyl (C=O) groups excluding carboxylic acids is 2. The third kappa shape index (κ3) is 5.73. The number of likely N-dealkylation sites (N-methyl/N-ethyl adjacent to an activating group) is 1. The number of rotatable bonds is 9. The summed E-state index contributed by atoms with van der Waals surface area (Å²) >= 11 is 0. The molecule has 0 aromatic heterocycles. The van der Waals surface area contributed by atoms with Crippen molar-refractivity contribution in [2.75, 3.05) is 40.4 Å².